The van der Waals surface area contributed by atoms with Gasteiger partial charge in [0.25, 0.3) is 0 Å². The van der Waals surface area contributed by atoms with Crippen molar-refractivity contribution in [2.75, 3.05) is 20.3 Å². The van der Waals surface area contributed by atoms with Crippen LogP contribution in [0.15, 0.2) is 66.9 Å². The third-order valence-electron chi connectivity index (χ3n) is 3.98. The van der Waals surface area contributed by atoms with Gasteiger partial charge >= 0.3 is 0 Å². The molecule has 0 aliphatic heterocycles. The first kappa shape index (κ1) is 18.5. The van der Waals surface area contributed by atoms with Gasteiger partial charge in [-0.1, -0.05) is 42.3 Å². The van der Waals surface area contributed by atoms with Gasteiger partial charge in [-0.2, -0.15) is 0 Å². The van der Waals surface area contributed by atoms with E-state index in [1.807, 2.05) is 60.7 Å². The maximum absolute atomic E-state index is 5.73. The molecule has 0 radical (unpaired) electrons. The van der Waals surface area contributed by atoms with E-state index in [-0.39, 0.29) is 0 Å². The van der Waals surface area contributed by atoms with Gasteiger partial charge in [0.2, 0.25) is 5.88 Å². The summed E-state index contributed by atoms with van der Waals surface area (Å²) in [6.45, 7) is 1.43. The van der Waals surface area contributed by atoms with Crippen molar-refractivity contribution < 1.29 is 14.2 Å². The Morgan fingerprint density at radius 1 is 0.926 bits per heavy atom. The van der Waals surface area contributed by atoms with Crippen LogP contribution in [0.25, 0.3) is 11.1 Å². The van der Waals surface area contributed by atoms with E-state index < -0.39 is 0 Å². The number of terminal acetylenes is 1. The quantitative estimate of drug-likeness (QED) is 0.443. The normalized spacial score (nSPS) is 10.2. The number of hydrogen-bond donors (Lipinski definition) is 0. The molecule has 136 valence electrons. The van der Waals surface area contributed by atoms with E-state index in [9.17, 15) is 0 Å². The van der Waals surface area contributed by atoms with Gasteiger partial charge < -0.3 is 14.2 Å². The van der Waals surface area contributed by atoms with Gasteiger partial charge in [0.1, 0.15) is 19.0 Å². The summed E-state index contributed by atoms with van der Waals surface area (Å²) in [7, 11) is 1.63. The number of nitrogens with zero attached hydrogens (tertiary/aromatic N) is 1. The van der Waals surface area contributed by atoms with Crippen molar-refractivity contribution >= 4 is 0 Å². The van der Waals surface area contributed by atoms with E-state index in [1.165, 1.54) is 0 Å². The van der Waals surface area contributed by atoms with Gasteiger partial charge in [-0.15, -0.1) is 6.42 Å². The summed E-state index contributed by atoms with van der Waals surface area (Å²) in [5, 5.41) is 0. The Labute approximate surface area is 159 Å². The molecule has 0 unspecified atom stereocenters. The summed E-state index contributed by atoms with van der Waals surface area (Å²) >= 11 is 0. The van der Waals surface area contributed by atoms with Crippen molar-refractivity contribution in [1.29, 1.82) is 0 Å². The largest absolute Gasteiger partial charge is 0.490 e. The second-order valence-electron chi connectivity index (χ2n) is 5.86. The number of ether oxygens (including phenoxy) is 3. The van der Waals surface area contributed by atoms with Crippen molar-refractivity contribution in [3.63, 3.8) is 0 Å². The minimum absolute atomic E-state index is 0.444. The number of aromatic nitrogens is 1. The Bertz CT molecular complexity index is 899. The Morgan fingerprint density at radius 2 is 1.74 bits per heavy atom. The van der Waals surface area contributed by atoms with E-state index in [4.69, 9.17) is 20.6 Å². The second-order valence-corrected chi connectivity index (χ2v) is 5.86. The van der Waals surface area contributed by atoms with E-state index in [0.717, 1.165) is 16.7 Å². The van der Waals surface area contributed by atoms with Crippen molar-refractivity contribution in [2.45, 2.75) is 6.61 Å². The van der Waals surface area contributed by atoms with Crippen LogP contribution >= 0.6 is 0 Å². The molecule has 4 heteroatoms. The van der Waals surface area contributed by atoms with Crippen LogP contribution in [-0.2, 0) is 11.3 Å². The van der Waals surface area contributed by atoms with Crippen molar-refractivity contribution in [3.05, 3.63) is 78.0 Å². The lowest BCUT2D eigenvalue weighted by atomic mass is 10.0. The molecule has 0 aliphatic carbocycles. The number of benzene rings is 2. The molecule has 3 aromatic rings. The van der Waals surface area contributed by atoms with Crippen LogP contribution in [0.4, 0.5) is 0 Å². The fraction of sp³-hybridized carbons (Fsp3) is 0.174. The number of pyridine rings is 1. The fourth-order valence-corrected chi connectivity index (χ4v) is 2.54. The molecule has 0 atom stereocenters. The summed E-state index contributed by atoms with van der Waals surface area (Å²) in [6, 6.07) is 19.6. The zero-order chi connectivity index (χ0) is 18.9. The van der Waals surface area contributed by atoms with E-state index >= 15 is 0 Å². The lowest BCUT2D eigenvalue weighted by Crippen LogP contribution is -2.05. The summed E-state index contributed by atoms with van der Waals surface area (Å²) in [5.41, 5.74) is 3.75. The molecule has 0 saturated carbocycles. The predicted octanol–water partition coefficient (Wildman–Crippen LogP) is 4.33. The van der Waals surface area contributed by atoms with Gasteiger partial charge in [0.15, 0.2) is 0 Å². The Hall–Kier alpha value is -3.29. The Balaban J connectivity index is 1.70. The van der Waals surface area contributed by atoms with Gasteiger partial charge in [-0.25, -0.2) is 4.98 Å². The molecule has 3 rings (SSSR count). The molecule has 1 heterocycles. The maximum Gasteiger partial charge on any atom is 0.213 e. The summed E-state index contributed by atoms with van der Waals surface area (Å²) in [6.07, 6.45) is 7.34. The van der Waals surface area contributed by atoms with Gasteiger partial charge in [0.05, 0.1) is 12.2 Å². The minimum Gasteiger partial charge on any atom is -0.490 e. The molecule has 0 spiro atoms. The highest BCUT2D eigenvalue weighted by atomic mass is 16.5. The second kappa shape index (κ2) is 9.42. The first-order valence-electron chi connectivity index (χ1n) is 8.65. The highest BCUT2D eigenvalue weighted by Gasteiger charge is 2.07. The topological polar surface area (TPSA) is 40.6 Å². The van der Waals surface area contributed by atoms with Crippen molar-refractivity contribution in [1.82, 2.24) is 4.98 Å². The van der Waals surface area contributed by atoms with E-state index in [1.54, 1.807) is 13.3 Å². The molecule has 0 amide bonds. The molecule has 1 aromatic heterocycles. The van der Waals surface area contributed by atoms with Gasteiger partial charge in [-0.3, -0.25) is 0 Å². The highest BCUT2D eigenvalue weighted by Crippen LogP contribution is 2.27. The summed E-state index contributed by atoms with van der Waals surface area (Å²) in [5.74, 6) is 3.89. The molecule has 2 aromatic carbocycles. The summed E-state index contributed by atoms with van der Waals surface area (Å²) < 4.78 is 16.5. The molecule has 0 fully saturated rings. The number of hydrogen-bond acceptors (Lipinski definition) is 4. The van der Waals surface area contributed by atoms with Crippen molar-refractivity contribution in [3.8, 4) is 35.1 Å². The molecular weight excluding hydrogens is 338 g/mol. The molecule has 27 heavy (non-hydrogen) atoms. The lowest BCUT2D eigenvalue weighted by Gasteiger charge is -2.11. The molecule has 4 nitrogen and oxygen atoms in total. The Kier molecular flexibility index (Phi) is 6.45. The van der Waals surface area contributed by atoms with Crippen LogP contribution < -0.4 is 9.47 Å². The first-order valence-corrected chi connectivity index (χ1v) is 8.65. The molecule has 0 saturated heterocycles. The molecule has 0 N–H and O–H groups in total. The minimum atomic E-state index is 0.444. The van der Waals surface area contributed by atoms with Crippen LogP contribution in [-0.4, -0.2) is 25.3 Å². The van der Waals surface area contributed by atoms with Crippen LogP contribution in [0.3, 0.4) is 0 Å². The summed E-state index contributed by atoms with van der Waals surface area (Å²) in [4.78, 5) is 4.39. The van der Waals surface area contributed by atoms with Crippen molar-refractivity contribution in [2.24, 2.45) is 0 Å². The third-order valence-corrected chi connectivity index (χ3v) is 3.98. The first-order chi connectivity index (χ1) is 13.3. The third kappa shape index (κ3) is 5.10. The van der Waals surface area contributed by atoms with E-state index in [0.29, 0.717) is 37.0 Å². The average molecular weight is 359 g/mol. The predicted molar refractivity (Wildman–Crippen MR) is 106 cm³/mol. The number of methoxy groups -OCH3 is 1. The monoisotopic (exact) mass is 359 g/mol. The Morgan fingerprint density at radius 3 is 2.44 bits per heavy atom. The van der Waals surface area contributed by atoms with Crippen LogP contribution in [0.1, 0.15) is 11.1 Å². The number of rotatable bonds is 8. The average Bonchev–Trinajstić information content (AvgIpc) is 2.73. The SMILES string of the molecule is C#Cc1ccc(-c2ccc(OCc3ccccc3)nc2)cc1OCCOC. The van der Waals surface area contributed by atoms with Gasteiger partial charge in [0, 0.05) is 24.9 Å². The zero-order valence-electron chi connectivity index (χ0n) is 15.2. The maximum atomic E-state index is 5.73. The van der Waals surface area contributed by atoms with Gasteiger partial charge in [-0.05, 0) is 29.3 Å². The van der Waals surface area contributed by atoms with E-state index in [2.05, 4.69) is 10.9 Å². The fourth-order valence-electron chi connectivity index (χ4n) is 2.54. The van der Waals surface area contributed by atoms with Crippen LogP contribution in [0.2, 0.25) is 0 Å². The zero-order valence-corrected chi connectivity index (χ0v) is 15.2. The van der Waals surface area contributed by atoms with Crippen LogP contribution in [0.5, 0.6) is 11.6 Å². The molecule has 0 bridgehead atoms. The smallest absolute Gasteiger partial charge is 0.213 e. The van der Waals surface area contributed by atoms with Crippen LogP contribution in [0, 0.1) is 12.3 Å². The molecule has 0 aliphatic rings. The standard InChI is InChI=1S/C23H21NO3/c1-3-19-9-10-20(15-22(19)26-14-13-25-2)21-11-12-23(24-16-21)27-17-18-7-5-4-6-8-18/h1,4-12,15-16H,13-14,17H2,2H3. The molecular formula is C23H21NO3. The lowest BCUT2D eigenvalue weighted by molar-refractivity contribution is 0.146. The highest BCUT2D eigenvalue weighted by molar-refractivity contribution is 5.67.